The van der Waals surface area contributed by atoms with E-state index >= 15 is 0 Å². The van der Waals surface area contributed by atoms with Crippen LogP contribution in [0, 0.1) is 13.8 Å². The molecule has 0 amide bonds. The van der Waals surface area contributed by atoms with Gasteiger partial charge >= 0.3 is 5.97 Å². The van der Waals surface area contributed by atoms with E-state index in [9.17, 15) is 4.79 Å². The highest BCUT2D eigenvalue weighted by Crippen LogP contribution is 2.29. The minimum absolute atomic E-state index is 0.186. The quantitative estimate of drug-likeness (QED) is 0.185. The van der Waals surface area contributed by atoms with Crippen molar-refractivity contribution in [2.75, 3.05) is 13.7 Å². The molecule has 0 spiro atoms. The first-order chi connectivity index (χ1) is 16.0. The van der Waals surface area contributed by atoms with Gasteiger partial charge in [0.25, 0.3) is 0 Å². The SMILES string of the molecule is COc1cc(C=Cc2cccc3ccccc23)ccc1OC(=O)COc1ccc(C)c(C)c1. The predicted octanol–water partition coefficient (Wildman–Crippen LogP) is 6.62. The molecular weight excluding hydrogens is 412 g/mol. The van der Waals surface area contributed by atoms with Crippen molar-refractivity contribution >= 4 is 28.9 Å². The van der Waals surface area contributed by atoms with Gasteiger partial charge < -0.3 is 14.2 Å². The van der Waals surface area contributed by atoms with E-state index in [4.69, 9.17) is 14.2 Å². The summed E-state index contributed by atoms with van der Waals surface area (Å²) in [6, 6.07) is 25.7. The second kappa shape index (κ2) is 10.0. The molecule has 0 saturated heterocycles. The number of carbonyl (C=O) groups is 1. The van der Waals surface area contributed by atoms with Crippen LogP contribution in [0.2, 0.25) is 0 Å². The highest BCUT2D eigenvalue weighted by molar-refractivity contribution is 5.92. The van der Waals surface area contributed by atoms with E-state index in [1.807, 2.05) is 68.5 Å². The van der Waals surface area contributed by atoms with Gasteiger partial charge in [-0.05, 0) is 71.1 Å². The highest BCUT2D eigenvalue weighted by atomic mass is 16.6. The molecule has 0 aliphatic rings. The molecule has 0 aromatic heterocycles. The summed E-state index contributed by atoms with van der Waals surface area (Å²) < 4.78 is 16.5. The van der Waals surface area contributed by atoms with Crippen molar-refractivity contribution in [2.24, 2.45) is 0 Å². The number of rotatable bonds is 7. The average Bonchev–Trinajstić information content (AvgIpc) is 2.84. The van der Waals surface area contributed by atoms with Gasteiger partial charge in [0.15, 0.2) is 18.1 Å². The molecule has 0 bridgehead atoms. The Balaban J connectivity index is 1.44. The number of hydrogen-bond acceptors (Lipinski definition) is 4. The van der Waals surface area contributed by atoms with Crippen LogP contribution in [0.25, 0.3) is 22.9 Å². The largest absolute Gasteiger partial charge is 0.493 e. The number of ether oxygens (including phenoxy) is 3. The lowest BCUT2D eigenvalue weighted by Gasteiger charge is -2.11. The zero-order chi connectivity index (χ0) is 23.2. The van der Waals surface area contributed by atoms with E-state index in [0.717, 1.165) is 16.7 Å². The number of benzene rings is 4. The maximum Gasteiger partial charge on any atom is 0.349 e. The van der Waals surface area contributed by atoms with Crippen molar-refractivity contribution in [3.05, 3.63) is 101 Å². The van der Waals surface area contributed by atoms with E-state index in [-0.39, 0.29) is 6.61 Å². The van der Waals surface area contributed by atoms with Crippen LogP contribution in [0.5, 0.6) is 17.2 Å². The summed E-state index contributed by atoms with van der Waals surface area (Å²) in [5.74, 6) is 0.976. The molecule has 4 aromatic rings. The van der Waals surface area contributed by atoms with Crippen molar-refractivity contribution in [2.45, 2.75) is 13.8 Å². The monoisotopic (exact) mass is 438 g/mol. The van der Waals surface area contributed by atoms with Gasteiger partial charge in [0.2, 0.25) is 0 Å². The molecule has 0 unspecified atom stereocenters. The lowest BCUT2D eigenvalue weighted by Crippen LogP contribution is -2.18. The summed E-state index contributed by atoms with van der Waals surface area (Å²) in [7, 11) is 1.55. The highest BCUT2D eigenvalue weighted by Gasteiger charge is 2.12. The minimum atomic E-state index is -0.495. The van der Waals surface area contributed by atoms with Gasteiger partial charge in [-0.3, -0.25) is 0 Å². The number of methoxy groups -OCH3 is 1. The van der Waals surface area contributed by atoms with Crippen LogP contribution in [0.4, 0.5) is 0 Å². The third-order valence-corrected chi connectivity index (χ3v) is 5.53. The Bertz CT molecular complexity index is 1320. The fourth-order valence-corrected chi connectivity index (χ4v) is 3.55. The zero-order valence-corrected chi connectivity index (χ0v) is 19.0. The molecule has 0 fully saturated rings. The molecule has 0 aliphatic carbocycles. The van der Waals surface area contributed by atoms with Crippen LogP contribution in [-0.2, 0) is 4.79 Å². The summed E-state index contributed by atoms with van der Waals surface area (Å²) >= 11 is 0. The summed E-state index contributed by atoms with van der Waals surface area (Å²) in [6.45, 7) is 3.84. The van der Waals surface area contributed by atoms with E-state index in [2.05, 4.69) is 30.3 Å². The summed E-state index contributed by atoms with van der Waals surface area (Å²) in [6.07, 6.45) is 4.08. The Morgan fingerprint density at radius 3 is 2.45 bits per heavy atom. The molecule has 0 heterocycles. The van der Waals surface area contributed by atoms with Gasteiger partial charge in [-0.2, -0.15) is 0 Å². The molecule has 4 nitrogen and oxygen atoms in total. The van der Waals surface area contributed by atoms with Crippen LogP contribution >= 0.6 is 0 Å². The van der Waals surface area contributed by atoms with Crippen molar-refractivity contribution in [3.63, 3.8) is 0 Å². The first-order valence-electron chi connectivity index (χ1n) is 10.8. The molecule has 4 rings (SSSR count). The average molecular weight is 439 g/mol. The van der Waals surface area contributed by atoms with Crippen LogP contribution in [0.3, 0.4) is 0 Å². The minimum Gasteiger partial charge on any atom is -0.493 e. The standard InChI is InChI=1S/C29H26O4/c1-20-11-15-25(17-21(20)2)32-19-29(30)33-27-16-13-22(18-28(27)31-3)12-14-24-9-6-8-23-7-4-5-10-26(23)24/h4-18H,19H2,1-3H3. The molecule has 0 radical (unpaired) electrons. The van der Waals surface area contributed by atoms with Crippen molar-refractivity contribution < 1.29 is 19.0 Å². The molecule has 166 valence electrons. The second-order valence-electron chi connectivity index (χ2n) is 7.82. The molecule has 0 atom stereocenters. The molecule has 0 saturated carbocycles. The van der Waals surface area contributed by atoms with Crippen LogP contribution in [0.1, 0.15) is 22.3 Å². The van der Waals surface area contributed by atoms with Gasteiger partial charge in [-0.15, -0.1) is 0 Å². The van der Waals surface area contributed by atoms with Gasteiger partial charge in [0, 0.05) is 0 Å². The summed E-state index contributed by atoms with van der Waals surface area (Å²) in [4.78, 5) is 12.3. The topological polar surface area (TPSA) is 44.8 Å². The number of fused-ring (bicyclic) bond motifs is 1. The first kappa shape index (κ1) is 22.2. The fourth-order valence-electron chi connectivity index (χ4n) is 3.55. The third-order valence-electron chi connectivity index (χ3n) is 5.53. The zero-order valence-electron chi connectivity index (χ0n) is 19.0. The molecule has 0 aliphatic heterocycles. The van der Waals surface area contributed by atoms with Crippen molar-refractivity contribution in [1.29, 1.82) is 0 Å². The van der Waals surface area contributed by atoms with Gasteiger partial charge in [-0.1, -0.05) is 66.7 Å². The van der Waals surface area contributed by atoms with Gasteiger partial charge in [0.1, 0.15) is 5.75 Å². The van der Waals surface area contributed by atoms with Crippen molar-refractivity contribution in [1.82, 2.24) is 0 Å². The normalized spacial score (nSPS) is 11.0. The molecule has 4 heteroatoms. The maximum atomic E-state index is 12.3. The Hall–Kier alpha value is -4.05. The predicted molar refractivity (Wildman–Crippen MR) is 133 cm³/mol. The van der Waals surface area contributed by atoms with Gasteiger partial charge in [-0.25, -0.2) is 4.79 Å². The van der Waals surface area contributed by atoms with Gasteiger partial charge in [0.05, 0.1) is 7.11 Å². The molecule has 33 heavy (non-hydrogen) atoms. The van der Waals surface area contributed by atoms with E-state index in [0.29, 0.717) is 17.2 Å². The van der Waals surface area contributed by atoms with Crippen LogP contribution < -0.4 is 14.2 Å². The van der Waals surface area contributed by atoms with Crippen LogP contribution in [0.15, 0.2) is 78.9 Å². The Morgan fingerprint density at radius 1 is 0.818 bits per heavy atom. The maximum absolute atomic E-state index is 12.3. The van der Waals surface area contributed by atoms with Crippen molar-refractivity contribution in [3.8, 4) is 17.2 Å². The number of esters is 1. The lowest BCUT2D eigenvalue weighted by atomic mass is 10.0. The Morgan fingerprint density at radius 2 is 1.64 bits per heavy atom. The molecular formula is C29H26O4. The fraction of sp³-hybridized carbons (Fsp3) is 0.138. The number of hydrogen-bond donors (Lipinski definition) is 0. The van der Waals surface area contributed by atoms with E-state index < -0.39 is 5.97 Å². The lowest BCUT2D eigenvalue weighted by molar-refractivity contribution is -0.136. The van der Waals surface area contributed by atoms with Crippen LogP contribution in [-0.4, -0.2) is 19.7 Å². The Labute approximate surface area is 194 Å². The number of carbonyl (C=O) groups excluding carboxylic acids is 1. The third kappa shape index (κ3) is 5.42. The van der Waals surface area contributed by atoms with E-state index in [1.165, 1.54) is 16.3 Å². The number of aryl methyl sites for hydroxylation is 2. The molecule has 4 aromatic carbocycles. The second-order valence-corrected chi connectivity index (χ2v) is 7.82. The summed E-state index contributed by atoms with van der Waals surface area (Å²) in [5, 5.41) is 2.39. The molecule has 0 N–H and O–H groups in total. The first-order valence-corrected chi connectivity index (χ1v) is 10.8. The Kier molecular flexibility index (Phi) is 6.75. The van der Waals surface area contributed by atoms with E-state index in [1.54, 1.807) is 13.2 Å². The summed E-state index contributed by atoms with van der Waals surface area (Å²) in [5.41, 5.74) is 4.34. The smallest absolute Gasteiger partial charge is 0.349 e.